The Labute approximate surface area is 139 Å². The first-order valence-corrected chi connectivity index (χ1v) is 8.17. The van der Waals surface area contributed by atoms with Gasteiger partial charge in [-0.25, -0.2) is 9.67 Å². The molecule has 0 aliphatic heterocycles. The van der Waals surface area contributed by atoms with Crippen molar-refractivity contribution >= 4 is 27.5 Å². The van der Waals surface area contributed by atoms with E-state index < -0.39 is 0 Å². The predicted octanol–water partition coefficient (Wildman–Crippen LogP) is 3.85. The van der Waals surface area contributed by atoms with Gasteiger partial charge in [0, 0.05) is 28.5 Å². The molecule has 0 aliphatic rings. The summed E-state index contributed by atoms with van der Waals surface area (Å²) in [5.74, 6) is 1.51. The number of hydrogen-bond acceptors (Lipinski definition) is 3. The third-order valence-corrected chi connectivity index (χ3v) is 4.14. The van der Waals surface area contributed by atoms with E-state index in [2.05, 4.69) is 45.2 Å². The lowest BCUT2D eigenvalue weighted by Crippen LogP contribution is -2.22. The Morgan fingerprint density at radius 3 is 2.81 bits per heavy atom. The number of aromatic nitrogens is 3. The first-order valence-electron chi connectivity index (χ1n) is 7.00. The minimum Gasteiger partial charge on any atom is -0.313 e. The molecular formula is C15H20BrClN4. The first-order chi connectivity index (χ1) is 10.0. The molecule has 2 aromatic rings. The Morgan fingerprint density at radius 2 is 2.14 bits per heavy atom. The molecule has 0 amide bonds. The van der Waals surface area contributed by atoms with E-state index in [0.29, 0.717) is 5.92 Å². The normalized spacial score (nSPS) is 12.9. The molecule has 0 bridgehead atoms. The highest BCUT2D eigenvalue weighted by molar-refractivity contribution is 9.10. The smallest absolute Gasteiger partial charge is 0.138 e. The van der Waals surface area contributed by atoms with Crippen molar-refractivity contribution in [2.75, 3.05) is 7.05 Å². The molecule has 1 unspecified atom stereocenters. The van der Waals surface area contributed by atoms with Crippen LogP contribution in [0.5, 0.6) is 0 Å². The number of likely N-dealkylation sites (N-methyl/N-ethyl adjacent to an activating group) is 1. The van der Waals surface area contributed by atoms with E-state index in [4.69, 9.17) is 11.6 Å². The van der Waals surface area contributed by atoms with Gasteiger partial charge in [0.1, 0.15) is 12.2 Å². The maximum absolute atomic E-state index is 6.33. The van der Waals surface area contributed by atoms with Gasteiger partial charge in [-0.05, 0) is 36.7 Å². The summed E-state index contributed by atoms with van der Waals surface area (Å²) >= 11 is 9.83. The van der Waals surface area contributed by atoms with Crippen molar-refractivity contribution < 1.29 is 0 Å². The van der Waals surface area contributed by atoms with Crippen molar-refractivity contribution in [3.05, 3.63) is 45.4 Å². The monoisotopic (exact) mass is 370 g/mol. The molecule has 114 valence electrons. The summed E-state index contributed by atoms with van der Waals surface area (Å²) < 4.78 is 2.99. The molecule has 0 aliphatic carbocycles. The van der Waals surface area contributed by atoms with Crippen molar-refractivity contribution in [2.45, 2.75) is 32.9 Å². The third-order valence-electron chi connectivity index (χ3n) is 3.30. The Morgan fingerprint density at radius 1 is 1.38 bits per heavy atom. The quantitative estimate of drug-likeness (QED) is 0.838. The minimum absolute atomic E-state index is 0.102. The van der Waals surface area contributed by atoms with Gasteiger partial charge >= 0.3 is 0 Å². The van der Waals surface area contributed by atoms with E-state index >= 15 is 0 Å². The van der Waals surface area contributed by atoms with E-state index in [1.807, 2.05) is 29.9 Å². The lowest BCUT2D eigenvalue weighted by Gasteiger charge is -2.19. The summed E-state index contributed by atoms with van der Waals surface area (Å²) in [4.78, 5) is 4.39. The third kappa shape index (κ3) is 4.28. The molecule has 1 aromatic heterocycles. The van der Waals surface area contributed by atoms with Crippen LogP contribution in [-0.2, 0) is 13.0 Å². The minimum atomic E-state index is 0.102. The van der Waals surface area contributed by atoms with Gasteiger partial charge in [-0.15, -0.1) is 0 Å². The van der Waals surface area contributed by atoms with E-state index in [9.17, 15) is 0 Å². The number of nitrogens with zero attached hydrogens (tertiary/aromatic N) is 3. The molecule has 0 saturated carbocycles. The van der Waals surface area contributed by atoms with Crippen molar-refractivity contribution in [3.8, 4) is 0 Å². The Bertz CT molecular complexity index is 597. The maximum Gasteiger partial charge on any atom is 0.138 e. The van der Waals surface area contributed by atoms with Gasteiger partial charge < -0.3 is 5.32 Å². The van der Waals surface area contributed by atoms with E-state index in [1.165, 1.54) is 0 Å². The van der Waals surface area contributed by atoms with E-state index in [0.717, 1.165) is 33.8 Å². The summed E-state index contributed by atoms with van der Waals surface area (Å²) in [6, 6.07) is 6.00. The number of nitrogens with one attached hydrogen (secondary N) is 1. The van der Waals surface area contributed by atoms with E-state index in [-0.39, 0.29) is 6.04 Å². The standard InChI is InChI=1S/C15H20BrClN4/c1-10(2)8-21-15(19-9-20-21)7-14(18-3)12-6-11(16)4-5-13(12)17/h4-6,9-10,14,18H,7-8H2,1-3H3. The van der Waals surface area contributed by atoms with E-state index in [1.54, 1.807) is 6.33 Å². The van der Waals surface area contributed by atoms with Crippen molar-refractivity contribution in [2.24, 2.45) is 5.92 Å². The fourth-order valence-electron chi connectivity index (χ4n) is 2.28. The molecule has 21 heavy (non-hydrogen) atoms. The second kappa shape index (κ2) is 7.38. The van der Waals surface area contributed by atoms with Crippen LogP contribution in [0.3, 0.4) is 0 Å². The molecule has 0 radical (unpaired) electrons. The van der Waals surface area contributed by atoms with Crippen LogP contribution in [-0.4, -0.2) is 21.8 Å². The summed E-state index contributed by atoms with van der Waals surface area (Å²) in [6.07, 6.45) is 2.37. The van der Waals surface area contributed by atoms with Crippen LogP contribution in [0.2, 0.25) is 5.02 Å². The average molecular weight is 372 g/mol. The molecule has 4 nitrogen and oxygen atoms in total. The number of benzene rings is 1. The molecule has 2 rings (SSSR count). The van der Waals surface area contributed by atoms with Crippen LogP contribution in [0, 0.1) is 5.92 Å². The summed E-state index contributed by atoms with van der Waals surface area (Å²) in [7, 11) is 1.94. The zero-order chi connectivity index (χ0) is 15.4. The van der Waals surface area contributed by atoms with Gasteiger partial charge in [-0.1, -0.05) is 41.4 Å². The van der Waals surface area contributed by atoms with Gasteiger partial charge in [0.25, 0.3) is 0 Å². The Kier molecular flexibility index (Phi) is 5.79. The van der Waals surface area contributed by atoms with Crippen LogP contribution in [0.1, 0.15) is 31.3 Å². The first kappa shape index (κ1) is 16.5. The molecule has 1 heterocycles. The zero-order valence-electron chi connectivity index (χ0n) is 12.5. The van der Waals surface area contributed by atoms with Crippen LogP contribution < -0.4 is 5.32 Å². The van der Waals surface area contributed by atoms with Gasteiger partial charge in [0.15, 0.2) is 0 Å². The lowest BCUT2D eigenvalue weighted by atomic mass is 10.0. The predicted molar refractivity (Wildman–Crippen MR) is 89.5 cm³/mol. The van der Waals surface area contributed by atoms with Crippen molar-refractivity contribution in [1.29, 1.82) is 0 Å². The lowest BCUT2D eigenvalue weighted by molar-refractivity contribution is 0.451. The average Bonchev–Trinajstić information content (AvgIpc) is 2.85. The number of hydrogen-bond donors (Lipinski definition) is 1. The topological polar surface area (TPSA) is 42.7 Å². The maximum atomic E-state index is 6.33. The molecule has 1 N–H and O–H groups in total. The molecule has 1 aromatic carbocycles. The molecule has 0 spiro atoms. The van der Waals surface area contributed by atoms with Crippen molar-refractivity contribution in [3.63, 3.8) is 0 Å². The molecule has 6 heteroatoms. The summed E-state index contributed by atoms with van der Waals surface area (Å²) in [6.45, 7) is 5.22. The van der Waals surface area contributed by atoms with Crippen LogP contribution in [0.4, 0.5) is 0 Å². The molecule has 0 saturated heterocycles. The van der Waals surface area contributed by atoms with Gasteiger partial charge in [0.2, 0.25) is 0 Å². The van der Waals surface area contributed by atoms with Crippen LogP contribution in [0.25, 0.3) is 0 Å². The summed E-state index contributed by atoms with van der Waals surface area (Å²) in [5.41, 5.74) is 1.06. The zero-order valence-corrected chi connectivity index (χ0v) is 14.8. The van der Waals surface area contributed by atoms with Gasteiger partial charge in [-0.2, -0.15) is 5.10 Å². The second-order valence-electron chi connectivity index (χ2n) is 5.46. The second-order valence-corrected chi connectivity index (χ2v) is 6.79. The number of halogens is 2. The Hall–Kier alpha value is -0.910. The fourth-order valence-corrected chi connectivity index (χ4v) is 2.90. The van der Waals surface area contributed by atoms with Crippen LogP contribution in [0.15, 0.2) is 29.0 Å². The SMILES string of the molecule is CNC(Cc1ncnn1CC(C)C)c1cc(Br)ccc1Cl. The largest absolute Gasteiger partial charge is 0.313 e. The van der Waals surface area contributed by atoms with Crippen molar-refractivity contribution in [1.82, 2.24) is 20.1 Å². The summed E-state index contributed by atoms with van der Waals surface area (Å²) in [5, 5.41) is 8.39. The molecular weight excluding hydrogens is 352 g/mol. The van der Waals surface area contributed by atoms with Crippen LogP contribution >= 0.6 is 27.5 Å². The highest BCUT2D eigenvalue weighted by Crippen LogP contribution is 2.28. The Balaban J connectivity index is 2.23. The highest BCUT2D eigenvalue weighted by Gasteiger charge is 2.17. The van der Waals surface area contributed by atoms with Gasteiger partial charge in [0.05, 0.1) is 0 Å². The van der Waals surface area contributed by atoms with Gasteiger partial charge in [-0.3, -0.25) is 0 Å². The molecule has 0 fully saturated rings. The fraction of sp³-hybridized carbons (Fsp3) is 0.467. The number of rotatable bonds is 6. The highest BCUT2D eigenvalue weighted by atomic mass is 79.9. The molecule has 1 atom stereocenters.